The molecule has 0 unspecified atom stereocenters. The molecule has 214 valence electrons. The molecular formula is C24H28F4N4O6S. The normalized spacial score (nSPS) is 16.1. The largest absolute Gasteiger partial charge is 0.484 e. The number of carbonyl (C=O) groups is 2. The molecule has 39 heavy (non-hydrogen) atoms. The van der Waals surface area contributed by atoms with Crippen molar-refractivity contribution in [1.29, 1.82) is 0 Å². The number of rotatable bonds is 7. The summed E-state index contributed by atoms with van der Waals surface area (Å²) in [5.74, 6) is -1.13. The van der Waals surface area contributed by atoms with Crippen LogP contribution in [0.3, 0.4) is 0 Å². The summed E-state index contributed by atoms with van der Waals surface area (Å²) in [5, 5.41) is 4.74. The lowest BCUT2D eigenvalue weighted by molar-refractivity contribution is -0.242. The van der Waals surface area contributed by atoms with Crippen LogP contribution in [0.15, 0.2) is 47.4 Å². The molecule has 0 radical (unpaired) electrons. The van der Waals surface area contributed by atoms with E-state index in [9.17, 15) is 35.6 Å². The van der Waals surface area contributed by atoms with E-state index in [0.29, 0.717) is 13.8 Å². The molecule has 2 aromatic carbocycles. The zero-order valence-electron chi connectivity index (χ0n) is 21.4. The summed E-state index contributed by atoms with van der Waals surface area (Å²) >= 11 is 0. The van der Waals surface area contributed by atoms with E-state index in [4.69, 9.17) is 10.5 Å². The summed E-state index contributed by atoms with van der Waals surface area (Å²) in [4.78, 5) is 24.1. The summed E-state index contributed by atoms with van der Waals surface area (Å²) in [6.07, 6.45) is -7.14. The van der Waals surface area contributed by atoms with E-state index >= 15 is 0 Å². The molecule has 3 rings (SSSR count). The molecule has 0 spiro atoms. The quantitative estimate of drug-likeness (QED) is 0.429. The number of anilines is 2. The smallest absolute Gasteiger partial charge is 0.427 e. The molecule has 1 atom stereocenters. The van der Waals surface area contributed by atoms with Crippen molar-refractivity contribution in [1.82, 2.24) is 5.32 Å². The molecule has 0 fully saturated rings. The molecule has 0 aliphatic carbocycles. The second kappa shape index (κ2) is 10.5. The molecule has 0 saturated heterocycles. The molecular weight excluding hydrogens is 548 g/mol. The van der Waals surface area contributed by atoms with Crippen LogP contribution in [0.2, 0.25) is 0 Å². The minimum atomic E-state index is -4.84. The number of ether oxygens (including phenoxy) is 2. The van der Waals surface area contributed by atoms with Gasteiger partial charge in [0, 0.05) is 5.69 Å². The van der Waals surface area contributed by atoms with Crippen LogP contribution in [0.4, 0.5) is 33.7 Å². The highest BCUT2D eigenvalue weighted by Crippen LogP contribution is 2.39. The maximum Gasteiger partial charge on any atom is 0.427 e. The second-order valence-corrected chi connectivity index (χ2v) is 11.7. The van der Waals surface area contributed by atoms with Gasteiger partial charge in [0.05, 0.1) is 29.2 Å². The van der Waals surface area contributed by atoms with Gasteiger partial charge in [-0.2, -0.15) is 13.2 Å². The number of amides is 2. The summed E-state index contributed by atoms with van der Waals surface area (Å²) in [7, 11) is -4.33. The predicted octanol–water partition coefficient (Wildman–Crippen LogP) is 3.52. The maximum atomic E-state index is 13.5. The Bertz CT molecular complexity index is 1340. The number of sulfonamides is 1. The fraction of sp³-hybridized carbons (Fsp3) is 0.417. The lowest BCUT2D eigenvalue weighted by atomic mass is 10.1. The van der Waals surface area contributed by atoms with Gasteiger partial charge in [-0.1, -0.05) is 0 Å². The third-order valence-corrected chi connectivity index (χ3v) is 7.44. The monoisotopic (exact) mass is 576 g/mol. The van der Waals surface area contributed by atoms with Gasteiger partial charge < -0.3 is 20.5 Å². The highest BCUT2D eigenvalue weighted by molar-refractivity contribution is 7.92. The number of carbonyl (C=O) groups excluding carboxylic acids is 2. The van der Waals surface area contributed by atoms with E-state index in [1.54, 1.807) is 0 Å². The van der Waals surface area contributed by atoms with Gasteiger partial charge >= 0.3 is 12.3 Å². The zero-order chi connectivity index (χ0) is 29.4. The van der Waals surface area contributed by atoms with Crippen LogP contribution in [0.25, 0.3) is 0 Å². The average Bonchev–Trinajstić information content (AvgIpc) is 2.80. The molecule has 0 bridgehead atoms. The standard InChI is InChI=1S/C24H28F4N4O6S/c1-22(2,29)20(33)30-12-16-13-32(39(35,36)17-8-5-14(25)6-9-17)18-11-15(7-10-19(18)37-16)31-21(34)38-23(3,4)24(26,27)28/h5-11,16H,12-13,29H2,1-4H3,(H,30,33)(H,31,34)/t16-/m0/s1. The Morgan fingerprint density at radius 2 is 1.72 bits per heavy atom. The van der Waals surface area contributed by atoms with Crippen molar-refractivity contribution < 1.29 is 45.0 Å². The Labute approximate surface area is 222 Å². The number of nitrogens with one attached hydrogen (secondary N) is 2. The Hall–Kier alpha value is -3.59. The van der Waals surface area contributed by atoms with E-state index in [1.165, 1.54) is 32.0 Å². The van der Waals surface area contributed by atoms with E-state index in [2.05, 4.69) is 15.4 Å². The number of hydrogen-bond donors (Lipinski definition) is 3. The Morgan fingerprint density at radius 1 is 1.10 bits per heavy atom. The number of fused-ring (bicyclic) bond motifs is 1. The summed E-state index contributed by atoms with van der Waals surface area (Å²) in [6.45, 7) is 3.89. The molecule has 1 aliphatic heterocycles. The lowest BCUT2D eigenvalue weighted by Gasteiger charge is -2.36. The number of hydrogen-bond acceptors (Lipinski definition) is 7. The van der Waals surface area contributed by atoms with Crippen LogP contribution >= 0.6 is 0 Å². The van der Waals surface area contributed by atoms with Gasteiger partial charge in [-0.05, 0) is 70.2 Å². The molecule has 1 aliphatic rings. The Morgan fingerprint density at radius 3 is 2.28 bits per heavy atom. The first-order valence-corrected chi connectivity index (χ1v) is 13.0. The van der Waals surface area contributed by atoms with Gasteiger partial charge in [0.15, 0.2) is 0 Å². The predicted molar refractivity (Wildman–Crippen MR) is 133 cm³/mol. The number of nitrogens with zero attached hydrogens (tertiary/aromatic N) is 1. The van der Waals surface area contributed by atoms with Gasteiger partial charge in [0.25, 0.3) is 10.0 Å². The molecule has 2 aromatic rings. The van der Waals surface area contributed by atoms with Crippen molar-refractivity contribution in [2.24, 2.45) is 5.73 Å². The fourth-order valence-corrected chi connectivity index (χ4v) is 4.82. The first kappa shape index (κ1) is 30.0. The highest BCUT2D eigenvalue weighted by Gasteiger charge is 2.51. The van der Waals surface area contributed by atoms with Crippen molar-refractivity contribution in [3.8, 4) is 5.75 Å². The van der Waals surface area contributed by atoms with E-state index in [1.807, 2.05) is 0 Å². The van der Waals surface area contributed by atoms with Crippen LogP contribution in [0.1, 0.15) is 27.7 Å². The van der Waals surface area contributed by atoms with Gasteiger partial charge in [-0.25, -0.2) is 17.6 Å². The van der Waals surface area contributed by atoms with Gasteiger partial charge in [-0.15, -0.1) is 0 Å². The maximum absolute atomic E-state index is 13.5. The van der Waals surface area contributed by atoms with Crippen molar-refractivity contribution in [3.05, 3.63) is 48.3 Å². The van der Waals surface area contributed by atoms with E-state index < -0.39 is 51.3 Å². The number of alkyl halides is 3. The third-order valence-electron chi connectivity index (χ3n) is 5.64. The topological polar surface area (TPSA) is 140 Å². The van der Waals surface area contributed by atoms with Gasteiger partial charge in [0.1, 0.15) is 17.7 Å². The third kappa shape index (κ3) is 6.89. The van der Waals surface area contributed by atoms with Gasteiger partial charge in [-0.3, -0.25) is 14.4 Å². The first-order valence-electron chi connectivity index (χ1n) is 11.5. The minimum absolute atomic E-state index is 0.0349. The Balaban J connectivity index is 1.94. The lowest BCUT2D eigenvalue weighted by Crippen LogP contribution is -2.54. The van der Waals surface area contributed by atoms with Crippen molar-refractivity contribution in [3.63, 3.8) is 0 Å². The first-order chi connectivity index (χ1) is 17.8. The average molecular weight is 577 g/mol. The van der Waals surface area contributed by atoms with Gasteiger partial charge in [0.2, 0.25) is 11.5 Å². The zero-order valence-corrected chi connectivity index (χ0v) is 22.2. The van der Waals surface area contributed by atoms with Crippen LogP contribution in [-0.2, 0) is 19.6 Å². The summed E-state index contributed by atoms with van der Waals surface area (Å²) < 4.78 is 91.1. The van der Waals surface area contributed by atoms with Crippen LogP contribution in [0.5, 0.6) is 5.75 Å². The van der Waals surface area contributed by atoms with E-state index in [0.717, 1.165) is 28.6 Å². The number of nitrogens with two attached hydrogens (primary N) is 1. The SMILES string of the molecule is CC(C)(N)C(=O)NC[C@H]1CN(S(=O)(=O)c2ccc(F)cc2)c2cc(NC(=O)OC(C)(C)C(F)(F)F)ccc2O1. The molecule has 1 heterocycles. The fourth-order valence-electron chi connectivity index (χ4n) is 3.32. The molecule has 4 N–H and O–H groups in total. The molecule has 10 nitrogen and oxygen atoms in total. The molecule has 0 aromatic heterocycles. The molecule has 15 heteroatoms. The Kier molecular flexibility index (Phi) is 8.08. The van der Waals surface area contributed by atoms with Crippen molar-refractivity contribution >= 4 is 33.4 Å². The highest BCUT2D eigenvalue weighted by atomic mass is 32.2. The van der Waals surface area contributed by atoms with E-state index in [-0.39, 0.29) is 35.1 Å². The van der Waals surface area contributed by atoms with Crippen LogP contribution in [-0.4, -0.2) is 56.9 Å². The summed E-state index contributed by atoms with van der Waals surface area (Å²) in [5.41, 5.74) is 1.63. The van der Waals surface area contributed by atoms with Crippen molar-refractivity contribution in [2.75, 3.05) is 22.7 Å². The number of benzene rings is 2. The summed E-state index contributed by atoms with van der Waals surface area (Å²) in [6, 6.07) is 7.80. The van der Waals surface area contributed by atoms with Crippen LogP contribution < -0.4 is 25.4 Å². The second-order valence-electron chi connectivity index (χ2n) is 9.87. The minimum Gasteiger partial charge on any atom is -0.484 e. The van der Waals surface area contributed by atoms with Crippen LogP contribution in [0, 0.1) is 5.82 Å². The van der Waals surface area contributed by atoms with Crippen molar-refractivity contribution in [2.45, 2.75) is 56.0 Å². The number of halogens is 4. The molecule has 0 saturated carbocycles. The molecule has 2 amide bonds.